The van der Waals surface area contributed by atoms with Gasteiger partial charge in [-0.2, -0.15) is 11.3 Å². The Kier molecular flexibility index (Phi) is 3.13. The Hall–Kier alpha value is -1.12. The first-order chi connectivity index (χ1) is 7.59. The van der Waals surface area contributed by atoms with Gasteiger partial charge in [0, 0.05) is 0 Å². The summed E-state index contributed by atoms with van der Waals surface area (Å²) >= 11 is 1.70. The molecule has 2 N–H and O–H groups in total. The summed E-state index contributed by atoms with van der Waals surface area (Å²) in [7, 11) is 0. The molecule has 84 valence electrons. The number of benzene rings is 1. The Morgan fingerprint density at radius 1 is 1.06 bits per heavy atom. The van der Waals surface area contributed by atoms with E-state index in [4.69, 9.17) is 5.73 Å². The number of rotatable bonds is 2. The lowest BCUT2D eigenvalue weighted by Crippen LogP contribution is -2.12. The van der Waals surface area contributed by atoms with Crippen LogP contribution in [0.25, 0.3) is 0 Å². The maximum absolute atomic E-state index is 6.29. The van der Waals surface area contributed by atoms with Crippen LogP contribution in [-0.2, 0) is 0 Å². The summed E-state index contributed by atoms with van der Waals surface area (Å²) < 4.78 is 0. The van der Waals surface area contributed by atoms with Gasteiger partial charge in [-0.1, -0.05) is 12.1 Å². The van der Waals surface area contributed by atoms with Crippen LogP contribution < -0.4 is 5.73 Å². The lowest BCUT2D eigenvalue weighted by atomic mass is 9.93. The van der Waals surface area contributed by atoms with E-state index in [2.05, 4.69) is 49.7 Å². The predicted octanol–water partition coefficient (Wildman–Crippen LogP) is 3.72. The van der Waals surface area contributed by atoms with Gasteiger partial charge in [-0.3, -0.25) is 0 Å². The first-order valence-electron chi connectivity index (χ1n) is 5.45. The van der Waals surface area contributed by atoms with E-state index < -0.39 is 0 Å². The van der Waals surface area contributed by atoms with E-state index in [1.807, 2.05) is 0 Å². The van der Waals surface area contributed by atoms with Crippen LogP contribution in [0.3, 0.4) is 0 Å². The van der Waals surface area contributed by atoms with E-state index in [0.717, 1.165) is 0 Å². The average molecular weight is 231 g/mol. The van der Waals surface area contributed by atoms with Crippen LogP contribution in [0.4, 0.5) is 0 Å². The molecule has 1 atom stereocenters. The van der Waals surface area contributed by atoms with Gasteiger partial charge in [0.1, 0.15) is 0 Å². The molecule has 0 amide bonds. The molecule has 0 saturated heterocycles. The molecule has 0 aliphatic heterocycles. The van der Waals surface area contributed by atoms with Crippen molar-refractivity contribution in [3.05, 3.63) is 56.8 Å². The summed E-state index contributed by atoms with van der Waals surface area (Å²) in [4.78, 5) is 0. The molecule has 1 aromatic carbocycles. The molecule has 1 unspecified atom stereocenters. The van der Waals surface area contributed by atoms with Crippen LogP contribution in [0.15, 0.2) is 29.0 Å². The normalized spacial score (nSPS) is 12.8. The quantitative estimate of drug-likeness (QED) is 0.837. The smallest absolute Gasteiger partial charge is 0.0562 e. The molecular formula is C14H17NS. The van der Waals surface area contributed by atoms with Crippen LogP contribution in [0.1, 0.15) is 33.9 Å². The van der Waals surface area contributed by atoms with Crippen LogP contribution in [0.2, 0.25) is 0 Å². The van der Waals surface area contributed by atoms with E-state index in [-0.39, 0.29) is 6.04 Å². The highest BCUT2D eigenvalue weighted by molar-refractivity contribution is 7.08. The second-order valence-electron chi connectivity index (χ2n) is 4.33. The summed E-state index contributed by atoms with van der Waals surface area (Å²) in [6.45, 7) is 6.41. The van der Waals surface area contributed by atoms with Crippen LogP contribution >= 0.6 is 11.3 Å². The maximum Gasteiger partial charge on any atom is 0.0562 e. The number of nitrogens with two attached hydrogens (primary N) is 1. The number of hydrogen-bond acceptors (Lipinski definition) is 2. The summed E-state index contributed by atoms with van der Waals surface area (Å²) in [5, 5.41) is 4.20. The van der Waals surface area contributed by atoms with Gasteiger partial charge < -0.3 is 5.73 Å². The minimum Gasteiger partial charge on any atom is -0.320 e. The van der Waals surface area contributed by atoms with Crippen molar-refractivity contribution in [1.82, 2.24) is 0 Å². The van der Waals surface area contributed by atoms with Crippen LogP contribution in [0, 0.1) is 20.8 Å². The summed E-state index contributed by atoms with van der Waals surface area (Å²) in [6, 6.07) is 6.54. The Balaban J connectivity index is 2.44. The Labute approximate surface area is 101 Å². The summed E-state index contributed by atoms with van der Waals surface area (Å²) in [5.74, 6) is 0. The highest BCUT2D eigenvalue weighted by Crippen LogP contribution is 2.26. The summed E-state index contributed by atoms with van der Waals surface area (Å²) in [6.07, 6.45) is 0. The third-order valence-corrected chi connectivity index (χ3v) is 3.82. The first-order valence-corrected chi connectivity index (χ1v) is 6.39. The minimum atomic E-state index is 0.00514. The van der Waals surface area contributed by atoms with Crippen molar-refractivity contribution < 1.29 is 0 Å². The van der Waals surface area contributed by atoms with Crippen molar-refractivity contribution in [2.45, 2.75) is 26.8 Å². The highest BCUT2D eigenvalue weighted by Gasteiger charge is 2.12. The predicted molar refractivity (Wildman–Crippen MR) is 71.0 cm³/mol. The van der Waals surface area contributed by atoms with Crippen molar-refractivity contribution in [1.29, 1.82) is 0 Å². The molecule has 0 fully saturated rings. The van der Waals surface area contributed by atoms with Crippen molar-refractivity contribution in [3.8, 4) is 0 Å². The molecule has 0 spiro atoms. The molecule has 0 aliphatic rings. The van der Waals surface area contributed by atoms with Gasteiger partial charge in [0.25, 0.3) is 0 Å². The summed E-state index contributed by atoms with van der Waals surface area (Å²) in [5.41, 5.74) is 12.7. The maximum atomic E-state index is 6.29. The molecule has 0 aliphatic carbocycles. The van der Waals surface area contributed by atoms with Crippen molar-refractivity contribution in [2.24, 2.45) is 5.73 Å². The fourth-order valence-corrected chi connectivity index (χ4v) is 2.65. The van der Waals surface area contributed by atoms with Crippen molar-refractivity contribution in [3.63, 3.8) is 0 Å². The van der Waals surface area contributed by atoms with Crippen LogP contribution in [0.5, 0.6) is 0 Å². The van der Waals surface area contributed by atoms with E-state index >= 15 is 0 Å². The minimum absolute atomic E-state index is 0.00514. The van der Waals surface area contributed by atoms with E-state index in [1.54, 1.807) is 11.3 Å². The molecule has 0 saturated carbocycles. The second-order valence-corrected chi connectivity index (χ2v) is 5.11. The molecule has 2 aromatic rings. The van der Waals surface area contributed by atoms with Gasteiger partial charge >= 0.3 is 0 Å². The van der Waals surface area contributed by atoms with Gasteiger partial charge in [0.15, 0.2) is 0 Å². The Morgan fingerprint density at radius 2 is 1.75 bits per heavy atom. The van der Waals surface area contributed by atoms with Gasteiger partial charge in [-0.05, 0) is 65.4 Å². The fourth-order valence-electron chi connectivity index (χ4n) is 1.95. The third-order valence-electron chi connectivity index (χ3n) is 3.12. The number of aryl methyl sites for hydroxylation is 3. The lowest BCUT2D eigenvalue weighted by Gasteiger charge is -2.16. The van der Waals surface area contributed by atoms with E-state index in [1.165, 1.54) is 27.8 Å². The molecule has 0 radical (unpaired) electrons. The largest absolute Gasteiger partial charge is 0.320 e. The zero-order chi connectivity index (χ0) is 11.7. The topological polar surface area (TPSA) is 26.0 Å². The zero-order valence-corrected chi connectivity index (χ0v) is 10.8. The lowest BCUT2D eigenvalue weighted by molar-refractivity contribution is 0.863. The monoisotopic (exact) mass is 231 g/mol. The van der Waals surface area contributed by atoms with Gasteiger partial charge in [0.2, 0.25) is 0 Å². The molecule has 2 heteroatoms. The van der Waals surface area contributed by atoms with Gasteiger partial charge in [-0.25, -0.2) is 0 Å². The molecule has 1 aromatic heterocycles. The molecule has 16 heavy (non-hydrogen) atoms. The standard InChI is InChI=1S/C14H17NS/c1-9-6-11(3)13(7-10(9)2)14(15)12-4-5-16-8-12/h4-8,14H,15H2,1-3H3. The van der Waals surface area contributed by atoms with Crippen LogP contribution in [-0.4, -0.2) is 0 Å². The van der Waals surface area contributed by atoms with Gasteiger partial charge in [-0.15, -0.1) is 0 Å². The van der Waals surface area contributed by atoms with Gasteiger partial charge in [0.05, 0.1) is 6.04 Å². The molecule has 1 heterocycles. The molecule has 0 bridgehead atoms. The number of hydrogen-bond donors (Lipinski definition) is 1. The molecule has 2 rings (SSSR count). The second kappa shape index (κ2) is 4.40. The van der Waals surface area contributed by atoms with E-state index in [0.29, 0.717) is 0 Å². The Bertz CT molecular complexity index is 486. The van der Waals surface area contributed by atoms with Crippen molar-refractivity contribution >= 4 is 11.3 Å². The fraction of sp³-hybridized carbons (Fsp3) is 0.286. The average Bonchev–Trinajstić information content (AvgIpc) is 2.75. The Morgan fingerprint density at radius 3 is 2.38 bits per heavy atom. The highest BCUT2D eigenvalue weighted by atomic mass is 32.1. The van der Waals surface area contributed by atoms with Crippen molar-refractivity contribution in [2.75, 3.05) is 0 Å². The molecule has 1 nitrogen and oxygen atoms in total. The first kappa shape index (κ1) is 11.4. The number of thiophene rings is 1. The SMILES string of the molecule is Cc1cc(C)c(C(N)c2ccsc2)cc1C. The third kappa shape index (κ3) is 2.04. The molecular weight excluding hydrogens is 214 g/mol. The van der Waals surface area contributed by atoms with E-state index in [9.17, 15) is 0 Å². The zero-order valence-electron chi connectivity index (χ0n) is 9.95.